The van der Waals surface area contributed by atoms with Crippen molar-refractivity contribution in [3.63, 3.8) is 0 Å². The Bertz CT molecular complexity index is 30.9. The lowest BCUT2D eigenvalue weighted by molar-refractivity contribution is 0.462. The fourth-order valence-electron chi connectivity index (χ4n) is 0.322. The second-order valence-corrected chi connectivity index (χ2v) is 1.35. The Labute approximate surface area is 44.7 Å². The van der Waals surface area contributed by atoms with E-state index in [2.05, 4.69) is 5.23 Å². The Morgan fingerprint density at radius 3 is 2.57 bits per heavy atom. The van der Waals surface area contributed by atoms with E-state index in [1.54, 1.807) is 0 Å². The maximum absolute atomic E-state index is 11.2. The molecule has 0 saturated heterocycles. The van der Waals surface area contributed by atoms with Gasteiger partial charge in [0.1, 0.15) is 0 Å². The highest BCUT2D eigenvalue weighted by molar-refractivity contribution is 6.04. The molecule has 40 valence electrons. The van der Waals surface area contributed by atoms with Gasteiger partial charge >= 0.3 is 0 Å². The molecule has 1 nitrogen and oxygen atoms in total. The summed E-state index contributed by atoms with van der Waals surface area (Å²) in [5.74, 6) is 0. The third-order valence-corrected chi connectivity index (χ3v) is 0.705. The molecule has 0 fully saturated rings. The fourth-order valence-corrected chi connectivity index (χ4v) is 0.322. The van der Waals surface area contributed by atoms with Crippen LogP contribution in [0, 0.1) is 0 Å². The topological polar surface area (TPSA) is 12.0 Å². The fraction of sp³-hybridized carbons (Fsp3) is 1.00. The summed E-state index contributed by atoms with van der Waals surface area (Å²) in [5.41, 5.74) is 0. The summed E-state index contributed by atoms with van der Waals surface area (Å²) in [6, 6.07) is 0. The van der Waals surface area contributed by atoms with Crippen LogP contribution in [0.5, 0.6) is 0 Å². The van der Waals surface area contributed by atoms with E-state index >= 15 is 0 Å². The van der Waals surface area contributed by atoms with Gasteiger partial charge in [0.25, 0.3) is 0 Å². The molecule has 0 aromatic carbocycles. The van der Waals surface area contributed by atoms with Crippen LogP contribution in [-0.2, 0) is 0 Å². The lowest BCUT2D eigenvalue weighted by Crippen LogP contribution is -2.09. The Kier molecular flexibility index (Phi) is 5.92. The predicted molar refractivity (Wildman–Crippen MR) is 29.0 cm³/mol. The Morgan fingerprint density at radius 2 is 2.14 bits per heavy atom. The third-order valence-electron chi connectivity index (χ3n) is 0.705. The van der Waals surface area contributed by atoms with Crippen molar-refractivity contribution in [2.75, 3.05) is 13.2 Å². The molecule has 0 heterocycles. The molecular formula is C4H9BFN. The molecule has 1 N–H and O–H groups in total. The van der Waals surface area contributed by atoms with Gasteiger partial charge in [-0.3, -0.25) is 4.39 Å². The van der Waals surface area contributed by atoms with Gasteiger partial charge in [-0.05, 0) is 19.4 Å². The van der Waals surface area contributed by atoms with Gasteiger partial charge in [0.05, 0.1) is 6.67 Å². The molecule has 0 aliphatic rings. The molecule has 0 bridgehead atoms. The van der Waals surface area contributed by atoms with Crippen molar-refractivity contribution in [3.05, 3.63) is 0 Å². The summed E-state index contributed by atoms with van der Waals surface area (Å²) in [5, 5.41) is 2.44. The first-order valence-corrected chi connectivity index (χ1v) is 2.41. The first-order chi connectivity index (χ1) is 3.41. The maximum atomic E-state index is 11.2. The van der Waals surface area contributed by atoms with Crippen LogP contribution in [0.2, 0.25) is 0 Å². The molecule has 0 aliphatic heterocycles. The molecule has 0 unspecified atom stereocenters. The molecule has 0 amide bonds. The molecule has 3 heteroatoms. The van der Waals surface area contributed by atoms with E-state index in [1.807, 2.05) is 0 Å². The van der Waals surface area contributed by atoms with Crippen molar-refractivity contribution in [2.24, 2.45) is 0 Å². The van der Waals surface area contributed by atoms with Gasteiger partial charge in [-0.25, -0.2) is 0 Å². The van der Waals surface area contributed by atoms with Gasteiger partial charge in [0.2, 0.25) is 0 Å². The monoisotopic (exact) mass is 101 g/mol. The predicted octanol–water partition coefficient (Wildman–Crippen LogP) is 0.409. The first kappa shape index (κ1) is 6.95. The van der Waals surface area contributed by atoms with E-state index in [4.69, 9.17) is 7.98 Å². The summed E-state index contributed by atoms with van der Waals surface area (Å²) < 4.78 is 11.2. The van der Waals surface area contributed by atoms with E-state index in [-0.39, 0.29) is 6.67 Å². The SMILES string of the molecule is [B]NCCCCF. The van der Waals surface area contributed by atoms with Crippen LogP contribution in [0.3, 0.4) is 0 Å². The number of halogens is 1. The van der Waals surface area contributed by atoms with Crippen molar-refractivity contribution in [3.8, 4) is 0 Å². The van der Waals surface area contributed by atoms with Crippen LogP contribution in [0.25, 0.3) is 0 Å². The zero-order chi connectivity index (χ0) is 5.54. The summed E-state index contributed by atoms with van der Waals surface area (Å²) in [7, 11) is 4.90. The first-order valence-electron chi connectivity index (χ1n) is 2.41. The number of alkyl halides is 1. The van der Waals surface area contributed by atoms with Crippen LogP contribution in [0.4, 0.5) is 4.39 Å². The Hall–Kier alpha value is -0.0451. The highest BCUT2D eigenvalue weighted by Gasteiger charge is 1.81. The quantitative estimate of drug-likeness (QED) is 0.399. The standard InChI is InChI=1S/C4H9BFN/c5-7-4-2-1-3-6/h7H,1-4H2. The average molecular weight is 101 g/mol. The number of hydrogen-bond donors (Lipinski definition) is 1. The largest absolute Gasteiger partial charge is 0.366 e. The van der Waals surface area contributed by atoms with Gasteiger partial charge in [-0.2, -0.15) is 0 Å². The van der Waals surface area contributed by atoms with Gasteiger partial charge in [0, 0.05) is 0 Å². The van der Waals surface area contributed by atoms with Crippen molar-refractivity contribution in [1.82, 2.24) is 5.23 Å². The Balaban J connectivity index is 2.45. The number of rotatable bonds is 4. The van der Waals surface area contributed by atoms with Crippen LogP contribution in [0.1, 0.15) is 12.8 Å². The van der Waals surface area contributed by atoms with Crippen LogP contribution < -0.4 is 5.23 Å². The molecule has 0 aromatic rings. The van der Waals surface area contributed by atoms with E-state index in [0.29, 0.717) is 13.0 Å². The van der Waals surface area contributed by atoms with Crippen LogP contribution in [0.15, 0.2) is 0 Å². The molecule has 0 atom stereocenters. The van der Waals surface area contributed by atoms with Crippen molar-refractivity contribution < 1.29 is 4.39 Å². The number of unbranched alkanes of at least 4 members (excludes halogenated alkanes) is 1. The number of hydrogen-bond acceptors (Lipinski definition) is 1. The molecule has 0 saturated carbocycles. The second-order valence-electron chi connectivity index (χ2n) is 1.35. The lowest BCUT2D eigenvalue weighted by atomic mass is 10.3. The second kappa shape index (κ2) is 5.95. The summed E-state index contributed by atoms with van der Waals surface area (Å²) >= 11 is 0. The zero-order valence-electron chi connectivity index (χ0n) is 4.28. The summed E-state index contributed by atoms with van der Waals surface area (Å²) in [4.78, 5) is 0. The molecular weight excluding hydrogens is 91.9 g/mol. The molecule has 0 aliphatic carbocycles. The number of nitrogens with one attached hydrogen (secondary N) is 1. The molecule has 0 rings (SSSR count). The minimum Gasteiger partial charge on any atom is -0.366 e. The van der Waals surface area contributed by atoms with Crippen LogP contribution >= 0.6 is 0 Å². The van der Waals surface area contributed by atoms with E-state index in [0.717, 1.165) is 6.42 Å². The van der Waals surface area contributed by atoms with Crippen molar-refractivity contribution in [2.45, 2.75) is 12.8 Å². The normalized spacial score (nSPS) is 9.29. The van der Waals surface area contributed by atoms with Gasteiger partial charge in [0.15, 0.2) is 7.98 Å². The van der Waals surface area contributed by atoms with E-state index in [1.165, 1.54) is 0 Å². The highest BCUT2D eigenvalue weighted by atomic mass is 19.1. The summed E-state index contributed by atoms with van der Waals surface area (Å²) in [6.45, 7) is 0.478. The van der Waals surface area contributed by atoms with E-state index < -0.39 is 0 Å². The zero-order valence-corrected chi connectivity index (χ0v) is 4.28. The van der Waals surface area contributed by atoms with E-state index in [9.17, 15) is 4.39 Å². The van der Waals surface area contributed by atoms with Gasteiger partial charge in [-0.15, -0.1) is 0 Å². The third kappa shape index (κ3) is 5.95. The minimum atomic E-state index is -0.234. The minimum absolute atomic E-state index is 0.234. The highest BCUT2D eigenvalue weighted by Crippen LogP contribution is 1.84. The summed E-state index contributed by atoms with van der Waals surface area (Å²) in [6.07, 6.45) is 1.44. The van der Waals surface area contributed by atoms with Crippen LogP contribution in [-0.4, -0.2) is 21.2 Å². The Morgan fingerprint density at radius 1 is 1.43 bits per heavy atom. The van der Waals surface area contributed by atoms with Gasteiger partial charge in [-0.1, -0.05) is 0 Å². The molecule has 0 spiro atoms. The lowest BCUT2D eigenvalue weighted by Gasteiger charge is -1.92. The molecule has 0 aromatic heterocycles. The van der Waals surface area contributed by atoms with Crippen molar-refractivity contribution >= 4 is 7.98 Å². The van der Waals surface area contributed by atoms with Crippen molar-refractivity contribution in [1.29, 1.82) is 0 Å². The van der Waals surface area contributed by atoms with Gasteiger partial charge < -0.3 is 5.23 Å². The molecule has 7 heavy (non-hydrogen) atoms. The smallest absolute Gasteiger partial charge is 0.177 e. The molecule has 2 radical (unpaired) electrons. The average Bonchev–Trinajstić information content (AvgIpc) is 1.69. The maximum Gasteiger partial charge on any atom is 0.177 e.